The SMILES string of the molecule is Cc1ccccc1CCC(=O)N1Cc2cncn2[C@@H](CCN(C)C)C1. The van der Waals surface area contributed by atoms with Gasteiger partial charge in [0.1, 0.15) is 0 Å². The lowest BCUT2D eigenvalue weighted by Gasteiger charge is -2.35. The van der Waals surface area contributed by atoms with Crippen molar-refractivity contribution in [2.45, 2.75) is 38.8 Å². The molecule has 0 spiro atoms. The molecular formula is C20H28N4O. The highest BCUT2D eigenvalue weighted by molar-refractivity contribution is 5.76. The van der Waals surface area contributed by atoms with E-state index in [1.54, 1.807) is 0 Å². The van der Waals surface area contributed by atoms with Gasteiger partial charge in [0.05, 0.1) is 24.6 Å². The second kappa shape index (κ2) is 7.83. The zero-order valence-electron chi connectivity index (χ0n) is 15.5. The van der Waals surface area contributed by atoms with Crippen LogP contribution >= 0.6 is 0 Å². The van der Waals surface area contributed by atoms with Crippen molar-refractivity contribution >= 4 is 5.91 Å². The van der Waals surface area contributed by atoms with Crippen molar-refractivity contribution in [3.05, 3.63) is 53.6 Å². The molecule has 0 aliphatic carbocycles. The van der Waals surface area contributed by atoms with Crippen LogP contribution in [0.2, 0.25) is 0 Å². The van der Waals surface area contributed by atoms with Crippen LogP contribution in [0.3, 0.4) is 0 Å². The number of hydrogen-bond donors (Lipinski definition) is 0. The maximum Gasteiger partial charge on any atom is 0.223 e. The van der Waals surface area contributed by atoms with Crippen molar-refractivity contribution in [2.24, 2.45) is 0 Å². The molecule has 0 fully saturated rings. The zero-order valence-corrected chi connectivity index (χ0v) is 15.5. The first kappa shape index (κ1) is 17.7. The van der Waals surface area contributed by atoms with Gasteiger partial charge in [0.25, 0.3) is 0 Å². The number of amides is 1. The normalized spacial score (nSPS) is 17.0. The van der Waals surface area contributed by atoms with Crippen molar-refractivity contribution in [3.63, 3.8) is 0 Å². The quantitative estimate of drug-likeness (QED) is 0.812. The first-order valence-corrected chi connectivity index (χ1v) is 9.02. The Hall–Kier alpha value is -2.14. The lowest BCUT2D eigenvalue weighted by Crippen LogP contribution is -2.41. The second-order valence-electron chi connectivity index (χ2n) is 7.24. The molecule has 0 unspecified atom stereocenters. The fraction of sp³-hybridized carbons (Fsp3) is 0.500. The van der Waals surface area contributed by atoms with Crippen LogP contribution in [-0.2, 0) is 17.8 Å². The summed E-state index contributed by atoms with van der Waals surface area (Å²) in [6.45, 7) is 4.57. The van der Waals surface area contributed by atoms with Crippen molar-refractivity contribution in [3.8, 4) is 0 Å². The van der Waals surface area contributed by atoms with Crippen LogP contribution in [0.1, 0.15) is 35.7 Å². The highest BCUT2D eigenvalue weighted by Gasteiger charge is 2.27. The lowest BCUT2D eigenvalue weighted by atomic mass is 10.0. The summed E-state index contributed by atoms with van der Waals surface area (Å²) in [5.74, 6) is 0.241. The van der Waals surface area contributed by atoms with Crippen molar-refractivity contribution in [1.29, 1.82) is 0 Å². The van der Waals surface area contributed by atoms with E-state index in [4.69, 9.17) is 0 Å². The van der Waals surface area contributed by atoms with E-state index < -0.39 is 0 Å². The fourth-order valence-electron chi connectivity index (χ4n) is 3.50. The Balaban J connectivity index is 1.64. The Morgan fingerprint density at radius 2 is 2.12 bits per heavy atom. The van der Waals surface area contributed by atoms with Gasteiger partial charge in [-0.05, 0) is 51.5 Å². The average Bonchev–Trinajstić information content (AvgIpc) is 3.07. The molecule has 5 heteroatoms. The topological polar surface area (TPSA) is 41.4 Å². The van der Waals surface area contributed by atoms with Gasteiger partial charge in [0.15, 0.2) is 0 Å². The van der Waals surface area contributed by atoms with Crippen LogP contribution in [-0.4, -0.2) is 52.4 Å². The summed E-state index contributed by atoms with van der Waals surface area (Å²) >= 11 is 0. The molecule has 3 rings (SSSR count). The Bertz CT molecular complexity index is 722. The molecule has 1 amide bonds. The van der Waals surface area contributed by atoms with E-state index in [9.17, 15) is 4.79 Å². The Labute approximate surface area is 150 Å². The molecule has 134 valence electrons. The monoisotopic (exact) mass is 340 g/mol. The third-order valence-corrected chi connectivity index (χ3v) is 5.06. The summed E-state index contributed by atoms with van der Waals surface area (Å²) in [7, 11) is 4.17. The molecular weight excluding hydrogens is 312 g/mol. The van der Waals surface area contributed by atoms with Crippen LogP contribution < -0.4 is 0 Å². The summed E-state index contributed by atoms with van der Waals surface area (Å²) in [6, 6.07) is 8.63. The molecule has 0 saturated carbocycles. The van der Waals surface area contributed by atoms with Gasteiger partial charge in [-0.25, -0.2) is 4.98 Å². The molecule has 1 atom stereocenters. The van der Waals surface area contributed by atoms with E-state index in [-0.39, 0.29) is 5.91 Å². The summed E-state index contributed by atoms with van der Waals surface area (Å²) in [5, 5.41) is 0. The standard InChI is InChI=1S/C20H28N4O/c1-16-6-4-5-7-17(16)8-9-20(25)23-13-18(10-11-22(2)3)24-15-21-12-19(24)14-23/h4-7,12,15,18H,8-11,13-14H2,1-3H3/t18-/m0/s1. The van der Waals surface area contributed by atoms with Crippen molar-refractivity contribution < 1.29 is 4.79 Å². The minimum absolute atomic E-state index is 0.241. The zero-order chi connectivity index (χ0) is 17.8. The first-order valence-electron chi connectivity index (χ1n) is 9.02. The molecule has 1 aliphatic heterocycles. The molecule has 1 aliphatic rings. The number of hydrogen-bond acceptors (Lipinski definition) is 3. The molecule has 0 saturated heterocycles. The highest BCUT2D eigenvalue weighted by atomic mass is 16.2. The number of fused-ring (bicyclic) bond motifs is 1. The van der Waals surface area contributed by atoms with Crippen molar-refractivity contribution in [2.75, 3.05) is 27.2 Å². The molecule has 1 aromatic carbocycles. The number of carbonyl (C=O) groups is 1. The fourth-order valence-corrected chi connectivity index (χ4v) is 3.50. The summed E-state index contributed by atoms with van der Waals surface area (Å²) < 4.78 is 2.24. The van der Waals surface area contributed by atoms with Gasteiger partial charge in [0, 0.05) is 19.2 Å². The Morgan fingerprint density at radius 1 is 1.32 bits per heavy atom. The first-order chi connectivity index (χ1) is 12.0. The Morgan fingerprint density at radius 3 is 2.88 bits per heavy atom. The minimum Gasteiger partial charge on any atom is -0.335 e. The van der Waals surface area contributed by atoms with E-state index in [1.807, 2.05) is 29.6 Å². The van der Waals surface area contributed by atoms with E-state index in [1.165, 1.54) is 11.1 Å². The molecule has 2 heterocycles. The van der Waals surface area contributed by atoms with E-state index in [0.717, 1.165) is 31.6 Å². The van der Waals surface area contributed by atoms with Crippen molar-refractivity contribution in [1.82, 2.24) is 19.4 Å². The second-order valence-corrected chi connectivity index (χ2v) is 7.24. The lowest BCUT2D eigenvalue weighted by molar-refractivity contribution is -0.133. The van der Waals surface area contributed by atoms with Crippen LogP contribution in [0.15, 0.2) is 36.8 Å². The van der Waals surface area contributed by atoms with E-state index in [0.29, 0.717) is 19.0 Å². The molecule has 0 N–H and O–H groups in total. The average molecular weight is 340 g/mol. The summed E-state index contributed by atoms with van der Waals surface area (Å²) in [5.41, 5.74) is 3.66. The van der Waals surface area contributed by atoms with Crippen LogP contribution in [0.25, 0.3) is 0 Å². The Kier molecular flexibility index (Phi) is 5.53. The third kappa shape index (κ3) is 4.28. The van der Waals surface area contributed by atoms with Gasteiger partial charge in [0.2, 0.25) is 5.91 Å². The van der Waals surface area contributed by atoms with Gasteiger partial charge < -0.3 is 14.4 Å². The smallest absolute Gasteiger partial charge is 0.223 e. The molecule has 2 aromatic rings. The summed E-state index contributed by atoms with van der Waals surface area (Å²) in [4.78, 5) is 21.3. The van der Waals surface area contributed by atoms with Crippen LogP contribution in [0.5, 0.6) is 0 Å². The maximum atomic E-state index is 12.8. The number of aromatic nitrogens is 2. The minimum atomic E-state index is 0.241. The number of carbonyl (C=O) groups excluding carboxylic acids is 1. The number of nitrogens with zero attached hydrogens (tertiary/aromatic N) is 4. The highest BCUT2D eigenvalue weighted by Crippen LogP contribution is 2.24. The van der Waals surface area contributed by atoms with E-state index >= 15 is 0 Å². The number of rotatable bonds is 6. The molecule has 25 heavy (non-hydrogen) atoms. The van der Waals surface area contributed by atoms with Gasteiger partial charge in [-0.15, -0.1) is 0 Å². The molecule has 5 nitrogen and oxygen atoms in total. The molecule has 0 radical (unpaired) electrons. The predicted octanol–water partition coefficient (Wildman–Crippen LogP) is 2.66. The third-order valence-electron chi connectivity index (χ3n) is 5.06. The number of aryl methyl sites for hydroxylation is 2. The predicted molar refractivity (Wildman–Crippen MR) is 99.4 cm³/mol. The summed E-state index contributed by atoms with van der Waals surface area (Å²) in [6.07, 6.45) is 6.20. The molecule has 1 aromatic heterocycles. The van der Waals surface area contributed by atoms with Crippen LogP contribution in [0, 0.1) is 6.92 Å². The van der Waals surface area contributed by atoms with Crippen LogP contribution in [0.4, 0.5) is 0 Å². The molecule has 0 bridgehead atoms. The van der Waals surface area contributed by atoms with Gasteiger partial charge >= 0.3 is 0 Å². The largest absolute Gasteiger partial charge is 0.335 e. The van der Waals surface area contributed by atoms with Gasteiger partial charge in [-0.3, -0.25) is 4.79 Å². The van der Waals surface area contributed by atoms with E-state index in [2.05, 4.69) is 47.6 Å². The number of imidazole rings is 1. The van der Waals surface area contributed by atoms with Gasteiger partial charge in [-0.2, -0.15) is 0 Å². The maximum absolute atomic E-state index is 12.8. The van der Waals surface area contributed by atoms with Gasteiger partial charge in [-0.1, -0.05) is 24.3 Å². The number of benzene rings is 1.